The highest BCUT2D eigenvalue weighted by molar-refractivity contribution is 8.00. The molecule has 0 bridgehead atoms. The molecule has 0 saturated heterocycles. The average Bonchev–Trinajstić information content (AvgIpc) is 3.11. The molecule has 3 rings (SSSR count). The number of anilines is 1. The Hall–Kier alpha value is -2.87. The summed E-state index contributed by atoms with van der Waals surface area (Å²) in [6.45, 7) is 5.84. The zero-order valence-corrected chi connectivity index (χ0v) is 16.4. The number of nitrogens with zero attached hydrogens (tertiary/aromatic N) is 4. The molecule has 1 atom stereocenters. The summed E-state index contributed by atoms with van der Waals surface area (Å²) in [7, 11) is 1.59. The molecule has 1 unspecified atom stereocenters. The quantitative estimate of drug-likeness (QED) is 0.657. The van der Waals surface area contributed by atoms with Crippen molar-refractivity contribution in [2.75, 3.05) is 12.4 Å². The number of hydrogen-bond donors (Lipinski definition) is 1. The van der Waals surface area contributed by atoms with E-state index in [1.807, 2.05) is 57.2 Å². The van der Waals surface area contributed by atoms with E-state index in [1.54, 1.807) is 17.9 Å². The first-order valence-electron chi connectivity index (χ1n) is 8.45. The van der Waals surface area contributed by atoms with Crippen molar-refractivity contribution in [1.82, 2.24) is 20.2 Å². The molecule has 0 spiro atoms. The summed E-state index contributed by atoms with van der Waals surface area (Å²) in [6, 6.07) is 13.3. The predicted molar refractivity (Wildman–Crippen MR) is 106 cm³/mol. The summed E-state index contributed by atoms with van der Waals surface area (Å²) < 4.78 is 6.85. The minimum atomic E-state index is -0.383. The zero-order valence-electron chi connectivity index (χ0n) is 15.6. The van der Waals surface area contributed by atoms with E-state index in [9.17, 15) is 4.79 Å². The third-order valence-electron chi connectivity index (χ3n) is 4.02. The fourth-order valence-corrected chi connectivity index (χ4v) is 3.31. The Morgan fingerprint density at radius 2 is 2.04 bits per heavy atom. The molecule has 2 aromatic carbocycles. The van der Waals surface area contributed by atoms with Gasteiger partial charge in [-0.05, 0) is 60.5 Å². The van der Waals surface area contributed by atoms with Crippen molar-refractivity contribution in [3.05, 3.63) is 53.6 Å². The van der Waals surface area contributed by atoms with Crippen LogP contribution in [0.1, 0.15) is 18.1 Å². The lowest BCUT2D eigenvalue weighted by Crippen LogP contribution is -2.23. The second-order valence-electron chi connectivity index (χ2n) is 6.14. The number of amides is 1. The number of carbonyl (C=O) groups is 1. The number of tetrazole rings is 1. The molecule has 27 heavy (non-hydrogen) atoms. The summed E-state index contributed by atoms with van der Waals surface area (Å²) in [5.41, 5.74) is 3.76. The normalized spacial score (nSPS) is 11.9. The standard InChI is InChI=1S/C19H21N5O2S/c1-12-8-9-13(2)17(10-12)24-19(21-22-23-24)27-14(3)18(25)20-15-6-5-7-16(11-15)26-4/h5-11,14H,1-4H3,(H,20,25). The molecule has 1 aromatic heterocycles. The van der Waals surface area contributed by atoms with Crippen LogP contribution >= 0.6 is 11.8 Å². The topological polar surface area (TPSA) is 81.9 Å². The number of aryl methyl sites for hydroxylation is 2. The summed E-state index contributed by atoms with van der Waals surface area (Å²) in [6.07, 6.45) is 0. The fraction of sp³-hybridized carbons (Fsp3) is 0.263. The molecule has 0 fully saturated rings. The Bertz CT molecular complexity index is 957. The molecule has 0 aliphatic rings. The molecule has 0 radical (unpaired) electrons. The highest BCUT2D eigenvalue weighted by Gasteiger charge is 2.20. The Kier molecular flexibility index (Phi) is 5.75. The number of methoxy groups -OCH3 is 1. The largest absolute Gasteiger partial charge is 0.497 e. The van der Waals surface area contributed by atoms with E-state index in [-0.39, 0.29) is 11.2 Å². The molecule has 0 aliphatic carbocycles. The van der Waals surface area contributed by atoms with Crippen LogP contribution in [0.4, 0.5) is 5.69 Å². The van der Waals surface area contributed by atoms with Crippen LogP contribution in [0.3, 0.4) is 0 Å². The maximum atomic E-state index is 12.6. The predicted octanol–water partition coefficient (Wildman–Crippen LogP) is 3.41. The highest BCUT2D eigenvalue weighted by atomic mass is 32.2. The minimum absolute atomic E-state index is 0.135. The van der Waals surface area contributed by atoms with E-state index in [0.29, 0.717) is 16.6 Å². The van der Waals surface area contributed by atoms with Gasteiger partial charge in [-0.2, -0.15) is 4.68 Å². The first-order valence-corrected chi connectivity index (χ1v) is 9.33. The molecular weight excluding hydrogens is 362 g/mol. The van der Waals surface area contributed by atoms with Crippen LogP contribution in [0.15, 0.2) is 47.6 Å². The molecule has 7 nitrogen and oxygen atoms in total. The number of ether oxygens (including phenoxy) is 1. The number of thioether (sulfide) groups is 1. The molecule has 0 aliphatic heterocycles. The Morgan fingerprint density at radius 3 is 2.81 bits per heavy atom. The lowest BCUT2D eigenvalue weighted by Gasteiger charge is -2.13. The van der Waals surface area contributed by atoms with Gasteiger partial charge in [-0.1, -0.05) is 30.0 Å². The van der Waals surface area contributed by atoms with Gasteiger partial charge in [0.15, 0.2) is 0 Å². The number of hydrogen-bond acceptors (Lipinski definition) is 6. The van der Waals surface area contributed by atoms with Gasteiger partial charge in [0.1, 0.15) is 5.75 Å². The lowest BCUT2D eigenvalue weighted by atomic mass is 10.1. The van der Waals surface area contributed by atoms with Crippen LogP contribution in [-0.2, 0) is 4.79 Å². The van der Waals surface area contributed by atoms with Gasteiger partial charge in [-0.15, -0.1) is 5.10 Å². The third-order valence-corrected chi connectivity index (χ3v) is 5.06. The van der Waals surface area contributed by atoms with Gasteiger partial charge in [0.05, 0.1) is 18.0 Å². The maximum absolute atomic E-state index is 12.6. The smallest absolute Gasteiger partial charge is 0.237 e. The van der Waals surface area contributed by atoms with Crippen molar-refractivity contribution >= 4 is 23.4 Å². The summed E-state index contributed by atoms with van der Waals surface area (Å²) in [5.74, 6) is 0.552. The van der Waals surface area contributed by atoms with Crippen molar-refractivity contribution in [2.45, 2.75) is 31.2 Å². The van der Waals surface area contributed by atoms with Crippen molar-refractivity contribution in [1.29, 1.82) is 0 Å². The monoisotopic (exact) mass is 383 g/mol. The van der Waals surface area contributed by atoms with Crippen molar-refractivity contribution in [2.24, 2.45) is 0 Å². The minimum Gasteiger partial charge on any atom is -0.497 e. The molecule has 1 amide bonds. The van der Waals surface area contributed by atoms with Gasteiger partial charge >= 0.3 is 0 Å². The number of aromatic nitrogens is 4. The van der Waals surface area contributed by atoms with Gasteiger partial charge in [0, 0.05) is 11.8 Å². The summed E-state index contributed by atoms with van der Waals surface area (Å²) in [4.78, 5) is 12.6. The molecule has 1 heterocycles. The van der Waals surface area contributed by atoms with Crippen molar-refractivity contribution in [3.8, 4) is 11.4 Å². The van der Waals surface area contributed by atoms with Gasteiger partial charge in [-0.3, -0.25) is 4.79 Å². The van der Waals surface area contributed by atoms with Crippen LogP contribution in [0.5, 0.6) is 5.75 Å². The van der Waals surface area contributed by atoms with E-state index < -0.39 is 0 Å². The molecule has 8 heteroatoms. The van der Waals surface area contributed by atoms with Crippen LogP contribution < -0.4 is 10.1 Å². The molecule has 140 valence electrons. The molecular formula is C19H21N5O2S. The van der Waals surface area contributed by atoms with Crippen LogP contribution in [0, 0.1) is 13.8 Å². The highest BCUT2D eigenvalue weighted by Crippen LogP contribution is 2.26. The van der Waals surface area contributed by atoms with Gasteiger partial charge in [0.25, 0.3) is 0 Å². The van der Waals surface area contributed by atoms with Crippen molar-refractivity contribution in [3.63, 3.8) is 0 Å². The van der Waals surface area contributed by atoms with E-state index in [1.165, 1.54) is 11.8 Å². The van der Waals surface area contributed by atoms with Gasteiger partial charge in [0.2, 0.25) is 11.1 Å². The number of nitrogens with one attached hydrogen (secondary N) is 1. The summed E-state index contributed by atoms with van der Waals surface area (Å²) >= 11 is 1.31. The van der Waals surface area contributed by atoms with Crippen LogP contribution in [-0.4, -0.2) is 38.5 Å². The first-order chi connectivity index (χ1) is 13.0. The third kappa shape index (κ3) is 4.46. The number of carbonyl (C=O) groups excluding carboxylic acids is 1. The molecule has 3 aromatic rings. The Labute approximate surface area is 162 Å². The molecule has 0 saturated carbocycles. The Morgan fingerprint density at radius 1 is 1.22 bits per heavy atom. The maximum Gasteiger partial charge on any atom is 0.237 e. The first kappa shape index (κ1) is 18.9. The van der Waals surface area contributed by atoms with E-state index in [4.69, 9.17) is 4.74 Å². The zero-order chi connectivity index (χ0) is 19.4. The van der Waals surface area contributed by atoms with E-state index in [2.05, 4.69) is 20.8 Å². The fourth-order valence-electron chi connectivity index (χ4n) is 2.51. The van der Waals surface area contributed by atoms with Crippen LogP contribution in [0.25, 0.3) is 5.69 Å². The van der Waals surface area contributed by atoms with Gasteiger partial charge in [-0.25, -0.2) is 0 Å². The second kappa shape index (κ2) is 8.22. The van der Waals surface area contributed by atoms with E-state index in [0.717, 1.165) is 16.8 Å². The SMILES string of the molecule is COc1cccc(NC(=O)C(C)Sc2nnnn2-c2cc(C)ccc2C)c1. The van der Waals surface area contributed by atoms with Gasteiger partial charge < -0.3 is 10.1 Å². The number of benzene rings is 2. The Balaban J connectivity index is 1.75. The van der Waals surface area contributed by atoms with Crippen LogP contribution in [0.2, 0.25) is 0 Å². The summed E-state index contributed by atoms with van der Waals surface area (Å²) in [5, 5.41) is 15.0. The molecule has 1 N–H and O–H groups in total. The number of rotatable bonds is 6. The second-order valence-corrected chi connectivity index (χ2v) is 7.45. The van der Waals surface area contributed by atoms with Crippen molar-refractivity contribution < 1.29 is 9.53 Å². The average molecular weight is 383 g/mol. The lowest BCUT2D eigenvalue weighted by molar-refractivity contribution is -0.115. The van der Waals surface area contributed by atoms with E-state index >= 15 is 0 Å².